The summed E-state index contributed by atoms with van der Waals surface area (Å²) in [6.07, 6.45) is 3.57. The molecule has 0 N–H and O–H groups in total. The molecule has 0 aromatic carbocycles. The van der Waals surface area contributed by atoms with Gasteiger partial charge in [-0.15, -0.1) is 19.6 Å². The van der Waals surface area contributed by atoms with E-state index in [1.807, 2.05) is 0 Å². The molecule has 0 atom stereocenters. The van der Waals surface area contributed by atoms with Crippen LogP contribution in [0.25, 0.3) is 16.0 Å². The van der Waals surface area contributed by atoms with Crippen molar-refractivity contribution in [3.63, 3.8) is 0 Å². The summed E-state index contributed by atoms with van der Waals surface area (Å²) in [4.78, 5) is 0. The van der Waals surface area contributed by atoms with Crippen LogP contribution in [0.5, 0.6) is 0 Å². The van der Waals surface area contributed by atoms with Gasteiger partial charge in [0.2, 0.25) is 0 Å². The van der Waals surface area contributed by atoms with Gasteiger partial charge in [0.25, 0.3) is 0 Å². The van der Waals surface area contributed by atoms with E-state index in [4.69, 9.17) is 0 Å². The van der Waals surface area contributed by atoms with Crippen molar-refractivity contribution < 1.29 is 20.9 Å². The fraction of sp³-hybridized carbons (Fsp3) is 1.00. The van der Waals surface area contributed by atoms with Crippen molar-refractivity contribution in [2.75, 3.05) is 39.3 Å². The van der Waals surface area contributed by atoms with Crippen molar-refractivity contribution in [2.45, 2.75) is 87.1 Å². The first-order chi connectivity index (χ1) is 11.3. The normalized spacial score (nSPS) is 9.50. The van der Waals surface area contributed by atoms with Crippen molar-refractivity contribution in [1.82, 2.24) is 0 Å². The molecule has 4 nitrogen and oxygen atoms in total. The summed E-state index contributed by atoms with van der Waals surface area (Å²) in [5, 5.41) is 12.3. The summed E-state index contributed by atoms with van der Waals surface area (Å²) in [6.45, 7) is 25.0. The van der Waals surface area contributed by atoms with Gasteiger partial charge in [0, 0.05) is 0 Å². The summed E-state index contributed by atoms with van der Waals surface area (Å²) in [6, 6.07) is 0. The zero-order valence-electron chi connectivity index (χ0n) is 18.1. The molecule has 149 valence electrons. The van der Waals surface area contributed by atoms with Crippen LogP contribution in [0.4, 0.5) is 0 Å². The second-order valence-corrected chi connectivity index (χ2v) is 6.78. The molecule has 0 bridgehead atoms. The first-order valence-electron chi connectivity index (χ1n) is 9.56. The van der Waals surface area contributed by atoms with E-state index in [1.165, 1.54) is 19.3 Å². The Kier molecular flexibility index (Phi) is 41.8. The van der Waals surface area contributed by atoms with Crippen LogP contribution in [0.1, 0.15) is 81.6 Å². The molecule has 0 radical (unpaired) electrons. The Morgan fingerprint density at radius 2 is 0.833 bits per heavy atom. The zero-order valence-corrected chi connectivity index (χ0v) is 21.3. The summed E-state index contributed by atoms with van der Waals surface area (Å²) < 4.78 is 4.13. The SMILES string of the molecule is CC(C)(C)[N]=[Ta].CCC[N-]CC.CCC[N-]CC.CCC[N-]CC. The molecule has 0 saturated carbocycles. The predicted molar refractivity (Wildman–Crippen MR) is 109 cm³/mol. The number of nitrogens with zero attached hydrogens (tertiary/aromatic N) is 4. The van der Waals surface area contributed by atoms with E-state index in [9.17, 15) is 0 Å². The minimum absolute atomic E-state index is 0.216. The predicted octanol–water partition coefficient (Wildman–Crippen LogP) is 6.89. The van der Waals surface area contributed by atoms with Crippen LogP contribution >= 0.6 is 0 Å². The van der Waals surface area contributed by atoms with Crippen molar-refractivity contribution in [3.8, 4) is 0 Å². The zero-order chi connectivity index (χ0) is 19.7. The van der Waals surface area contributed by atoms with Crippen LogP contribution in [0.15, 0.2) is 3.34 Å². The topological polar surface area (TPSA) is 54.7 Å². The van der Waals surface area contributed by atoms with Gasteiger partial charge in [-0.05, 0) is 0 Å². The van der Waals surface area contributed by atoms with Crippen LogP contribution in [-0.4, -0.2) is 44.8 Å². The number of hydrogen-bond acceptors (Lipinski definition) is 1. The molecule has 0 rings (SSSR count). The molecule has 0 saturated heterocycles. The fourth-order valence-corrected chi connectivity index (χ4v) is 0.949. The molecule has 0 aliphatic rings. The molecular weight excluding hydrogens is 465 g/mol. The molecule has 0 aromatic heterocycles. The van der Waals surface area contributed by atoms with Crippen LogP contribution in [-0.2, 0) is 20.9 Å². The van der Waals surface area contributed by atoms with Gasteiger partial charge < -0.3 is 16.0 Å². The molecule has 0 aliphatic heterocycles. The quantitative estimate of drug-likeness (QED) is 0.304. The Labute approximate surface area is 166 Å². The minimum atomic E-state index is 0.216. The second kappa shape index (κ2) is 31.2. The van der Waals surface area contributed by atoms with E-state index in [2.05, 4.69) is 81.6 Å². The molecular formula is C19H45N4Ta-3. The van der Waals surface area contributed by atoms with Crippen LogP contribution < -0.4 is 0 Å². The van der Waals surface area contributed by atoms with Gasteiger partial charge in [-0.2, -0.15) is 19.6 Å². The Morgan fingerprint density at radius 1 is 0.625 bits per heavy atom. The molecule has 0 aliphatic carbocycles. The van der Waals surface area contributed by atoms with Gasteiger partial charge in [0.05, 0.1) is 0 Å². The van der Waals surface area contributed by atoms with Gasteiger partial charge in [-0.25, -0.2) is 0 Å². The van der Waals surface area contributed by atoms with Crippen molar-refractivity contribution in [2.24, 2.45) is 3.34 Å². The Bertz CT molecular complexity index is 163. The molecule has 5 heteroatoms. The maximum Gasteiger partial charge on any atom is -0.0670 e. The van der Waals surface area contributed by atoms with E-state index in [0.717, 1.165) is 60.2 Å². The molecule has 0 amide bonds. The summed E-state index contributed by atoms with van der Waals surface area (Å²) in [5.41, 5.74) is 0.216. The van der Waals surface area contributed by atoms with E-state index in [0.29, 0.717) is 0 Å². The Morgan fingerprint density at radius 3 is 0.875 bits per heavy atom. The third-order valence-corrected chi connectivity index (χ3v) is 4.27. The molecule has 0 fully saturated rings. The van der Waals surface area contributed by atoms with Crippen LogP contribution in [0.2, 0.25) is 0 Å². The van der Waals surface area contributed by atoms with Gasteiger partial charge in [-0.3, -0.25) is 0 Å². The van der Waals surface area contributed by atoms with E-state index in [-0.39, 0.29) is 5.54 Å². The van der Waals surface area contributed by atoms with Gasteiger partial charge >= 0.3 is 50.5 Å². The average molecular weight is 511 g/mol. The molecule has 24 heavy (non-hydrogen) atoms. The fourth-order valence-electron chi connectivity index (χ4n) is 0.949. The van der Waals surface area contributed by atoms with E-state index < -0.39 is 0 Å². The van der Waals surface area contributed by atoms with Crippen LogP contribution in [0, 0.1) is 0 Å². The monoisotopic (exact) mass is 510 g/mol. The first-order valence-corrected chi connectivity index (χ1v) is 11.0. The molecule has 0 unspecified atom stereocenters. The summed E-state index contributed by atoms with van der Waals surface area (Å²) in [7, 11) is 0. The number of rotatable bonds is 9. The van der Waals surface area contributed by atoms with E-state index >= 15 is 0 Å². The van der Waals surface area contributed by atoms with Crippen molar-refractivity contribution >= 4 is 0 Å². The Hall–Kier alpha value is 0.420. The maximum absolute atomic E-state index is 4.13. The average Bonchev–Trinajstić information content (AvgIpc) is 2.57. The van der Waals surface area contributed by atoms with E-state index in [1.54, 1.807) is 0 Å². The largest absolute Gasteiger partial charge is 0.662 e. The molecule has 0 aromatic rings. The summed E-state index contributed by atoms with van der Waals surface area (Å²) >= 11 is 1.15. The first kappa shape index (κ1) is 32.1. The minimum Gasteiger partial charge on any atom is -0.662 e. The van der Waals surface area contributed by atoms with Crippen molar-refractivity contribution in [3.05, 3.63) is 16.0 Å². The molecule has 0 heterocycles. The van der Waals surface area contributed by atoms with Crippen molar-refractivity contribution in [1.29, 1.82) is 0 Å². The number of hydrogen-bond donors (Lipinski definition) is 0. The molecule has 0 spiro atoms. The van der Waals surface area contributed by atoms with Gasteiger partial charge in [0.1, 0.15) is 0 Å². The smallest absolute Gasteiger partial charge is 0.0670 e. The van der Waals surface area contributed by atoms with Gasteiger partial charge in [0.15, 0.2) is 0 Å². The van der Waals surface area contributed by atoms with Crippen LogP contribution in [0.3, 0.4) is 0 Å². The Balaban J connectivity index is -0.000000111. The maximum atomic E-state index is 4.13. The third kappa shape index (κ3) is 66.7. The van der Waals surface area contributed by atoms with Gasteiger partial charge in [-0.1, -0.05) is 60.8 Å². The standard InChI is InChI=1S/3C5H12N.C4H9N.Ta/c3*1-3-5-6-4-2;1-4(2,3)5;/h3*3-5H2,1-2H3;1-3H3;/q3*-1;;. The third-order valence-electron chi connectivity index (χ3n) is 2.12. The second-order valence-electron chi connectivity index (χ2n) is 6.06. The summed E-state index contributed by atoms with van der Waals surface area (Å²) in [5.74, 6) is 0.